The van der Waals surface area contributed by atoms with Gasteiger partial charge < -0.3 is 5.11 Å². The quantitative estimate of drug-likeness (QED) is 0.925. The third-order valence-electron chi connectivity index (χ3n) is 4.74. The summed E-state index contributed by atoms with van der Waals surface area (Å²) in [6, 6.07) is 8.54. The SMILES string of the molecule is CCC1(C(=O)O)CCCN1CC1Cc2ccccc2S1. The highest BCUT2D eigenvalue weighted by atomic mass is 32.2. The Hall–Kier alpha value is -1.00. The molecule has 0 radical (unpaired) electrons. The van der Waals surface area contributed by atoms with Gasteiger partial charge in [0.15, 0.2) is 0 Å². The van der Waals surface area contributed by atoms with Gasteiger partial charge in [-0.3, -0.25) is 9.69 Å². The van der Waals surface area contributed by atoms with Crippen LogP contribution in [0, 0.1) is 0 Å². The molecular weight excluding hydrogens is 270 g/mol. The van der Waals surface area contributed by atoms with Crippen molar-refractivity contribution in [3.63, 3.8) is 0 Å². The Morgan fingerprint density at radius 2 is 2.30 bits per heavy atom. The van der Waals surface area contributed by atoms with Gasteiger partial charge in [0.25, 0.3) is 0 Å². The minimum Gasteiger partial charge on any atom is -0.480 e. The van der Waals surface area contributed by atoms with E-state index in [1.807, 2.05) is 18.7 Å². The summed E-state index contributed by atoms with van der Waals surface area (Å²) in [5.41, 5.74) is 0.800. The van der Waals surface area contributed by atoms with Gasteiger partial charge >= 0.3 is 5.97 Å². The number of nitrogens with zero attached hydrogens (tertiary/aromatic N) is 1. The van der Waals surface area contributed by atoms with Crippen LogP contribution in [-0.2, 0) is 11.2 Å². The zero-order valence-electron chi connectivity index (χ0n) is 11.8. The van der Waals surface area contributed by atoms with E-state index in [4.69, 9.17) is 0 Å². The predicted molar refractivity (Wildman–Crippen MR) is 81.3 cm³/mol. The second-order valence-corrected chi connectivity index (χ2v) is 7.13. The van der Waals surface area contributed by atoms with Gasteiger partial charge in [0, 0.05) is 16.7 Å². The highest BCUT2D eigenvalue weighted by molar-refractivity contribution is 8.00. The van der Waals surface area contributed by atoms with E-state index in [1.165, 1.54) is 10.5 Å². The van der Waals surface area contributed by atoms with E-state index in [1.54, 1.807) is 0 Å². The fourth-order valence-electron chi connectivity index (χ4n) is 3.60. The molecule has 108 valence electrons. The predicted octanol–water partition coefficient (Wildman–Crippen LogP) is 3.03. The zero-order chi connectivity index (χ0) is 14.2. The first-order chi connectivity index (χ1) is 9.65. The third-order valence-corrected chi connectivity index (χ3v) is 6.05. The Kier molecular flexibility index (Phi) is 3.78. The van der Waals surface area contributed by atoms with Crippen LogP contribution in [0.15, 0.2) is 29.2 Å². The summed E-state index contributed by atoms with van der Waals surface area (Å²) in [5.74, 6) is -0.641. The lowest BCUT2D eigenvalue weighted by atomic mass is 9.92. The molecule has 0 aliphatic carbocycles. The van der Waals surface area contributed by atoms with Gasteiger partial charge in [-0.05, 0) is 43.9 Å². The van der Waals surface area contributed by atoms with Crippen molar-refractivity contribution in [3.05, 3.63) is 29.8 Å². The molecule has 2 atom stereocenters. The van der Waals surface area contributed by atoms with Gasteiger partial charge in [0.1, 0.15) is 5.54 Å². The Balaban J connectivity index is 1.71. The van der Waals surface area contributed by atoms with Crippen LogP contribution in [0.5, 0.6) is 0 Å². The minimum absolute atomic E-state index is 0.496. The van der Waals surface area contributed by atoms with Crippen LogP contribution in [0.4, 0.5) is 0 Å². The molecule has 0 amide bonds. The monoisotopic (exact) mass is 291 g/mol. The fraction of sp³-hybridized carbons (Fsp3) is 0.562. The number of carboxylic acids is 1. The summed E-state index contributed by atoms with van der Waals surface area (Å²) in [5, 5.41) is 10.1. The highest BCUT2D eigenvalue weighted by Gasteiger charge is 2.46. The van der Waals surface area contributed by atoms with Crippen LogP contribution in [0.3, 0.4) is 0 Å². The average molecular weight is 291 g/mol. The summed E-state index contributed by atoms with van der Waals surface area (Å²) in [7, 11) is 0. The van der Waals surface area contributed by atoms with Crippen molar-refractivity contribution >= 4 is 17.7 Å². The highest BCUT2D eigenvalue weighted by Crippen LogP contribution is 2.40. The number of likely N-dealkylation sites (tertiary alicyclic amines) is 1. The maximum Gasteiger partial charge on any atom is 0.324 e. The topological polar surface area (TPSA) is 40.5 Å². The van der Waals surface area contributed by atoms with Gasteiger partial charge in [-0.1, -0.05) is 25.1 Å². The van der Waals surface area contributed by atoms with Gasteiger partial charge in [-0.25, -0.2) is 0 Å². The van der Waals surface area contributed by atoms with Crippen LogP contribution in [0.1, 0.15) is 31.7 Å². The molecule has 2 aliphatic heterocycles. The summed E-state index contributed by atoms with van der Waals surface area (Å²) in [4.78, 5) is 15.3. The van der Waals surface area contributed by atoms with Gasteiger partial charge in [0.05, 0.1) is 0 Å². The Bertz CT molecular complexity index is 494. The van der Waals surface area contributed by atoms with Crippen molar-refractivity contribution < 1.29 is 9.90 Å². The van der Waals surface area contributed by atoms with Crippen LogP contribution < -0.4 is 0 Å². The molecule has 0 bridgehead atoms. The van der Waals surface area contributed by atoms with E-state index >= 15 is 0 Å². The molecule has 20 heavy (non-hydrogen) atoms. The normalized spacial score (nSPS) is 29.6. The number of benzene rings is 1. The van der Waals surface area contributed by atoms with Gasteiger partial charge in [-0.2, -0.15) is 0 Å². The van der Waals surface area contributed by atoms with E-state index in [9.17, 15) is 9.90 Å². The van der Waals surface area contributed by atoms with Crippen molar-refractivity contribution in [1.29, 1.82) is 0 Å². The van der Waals surface area contributed by atoms with E-state index in [0.717, 1.165) is 32.4 Å². The van der Waals surface area contributed by atoms with E-state index < -0.39 is 11.5 Å². The minimum atomic E-state index is -0.641. The lowest BCUT2D eigenvalue weighted by Crippen LogP contribution is -2.52. The van der Waals surface area contributed by atoms with Crippen molar-refractivity contribution in [2.75, 3.05) is 13.1 Å². The first-order valence-corrected chi connectivity index (χ1v) is 8.26. The first-order valence-electron chi connectivity index (χ1n) is 7.39. The number of carbonyl (C=O) groups is 1. The van der Waals surface area contributed by atoms with Crippen LogP contribution in [-0.4, -0.2) is 39.9 Å². The molecule has 2 unspecified atom stereocenters. The fourth-order valence-corrected chi connectivity index (χ4v) is 4.93. The molecule has 0 aromatic heterocycles. The number of rotatable bonds is 4. The zero-order valence-corrected chi connectivity index (χ0v) is 12.7. The number of fused-ring (bicyclic) bond motifs is 1. The Labute approximate surface area is 124 Å². The molecule has 4 heteroatoms. The second-order valence-electron chi connectivity index (χ2n) is 5.79. The molecule has 2 aliphatic rings. The van der Waals surface area contributed by atoms with Gasteiger partial charge in [-0.15, -0.1) is 11.8 Å². The maximum atomic E-state index is 11.7. The molecule has 0 saturated carbocycles. The van der Waals surface area contributed by atoms with Crippen molar-refractivity contribution in [2.24, 2.45) is 0 Å². The first kappa shape index (κ1) is 14.0. The summed E-state index contributed by atoms with van der Waals surface area (Å²) in [6.07, 6.45) is 3.57. The van der Waals surface area contributed by atoms with E-state index in [2.05, 4.69) is 29.2 Å². The molecule has 1 aromatic carbocycles. The molecular formula is C16H21NO2S. The number of thioether (sulfide) groups is 1. The second kappa shape index (κ2) is 5.41. The lowest BCUT2D eigenvalue weighted by molar-refractivity contribution is -0.150. The number of hydrogen-bond donors (Lipinski definition) is 1. The van der Waals surface area contributed by atoms with E-state index in [-0.39, 0.29) is 0 Å². The van der Waals surface area contributed by atoms with Crippen LogP contribution >= 0.6 is 11.8 Å². The molecule has 2 heterocycles. The number of carboxylic acid groups (broad SMARTS) is 1. The summed E-state index contributed by atoms with van der Waals surface area (Å²) < 4.78 is 0. The maximum absolute atomic E-state index is 11.7. The number of aliphatic carboxylic acids is 1. The largest absolute Gasteiger partial charge is 0.480 e. The van der Waals surface area contributed by atoms with Crippen LogP contribution in [0.2, 0.25) is 0 Å². The Morgan fingerprint density at radius 1 is 1.50 bits per heavy atom. The van der Waals surface area contributed by atoms with Gasteiger partial charge in [0.2, 0.25) is 0 Å². The number of hydrogen-bond acceptors (Lipinski definition) is 3. The third kappa shape index (κ3) is 2.25. The Morgan fingerprint density at radius 3 is 3.00 bits per heavy atom. The summed E-state index contributed by atoms with van der Waals surface area (Å²) >= 11 is 1.91. The average Bonchev–Trinajstić information content (AvgIpc) is 3.02. The van der Waals surface area contributed by atoms with Crippen molar-refractivity contribution in [3.8, 4) is 0 Å². The van der Waals surface area contributed by atoms with Crippen molar-refractivity contribution in [1.82, 2.24) is 4.90 Å². The molecule has 1 fully saturated rings. The van der Waals surface area contributed by atoms with Crippen LogP contribution in [0.25, 0.3) is 0 Å². The molecule has 0 spiro atoms. The summed E-state index contributed by atoms with van der Waals surface area (Å²) in [6.45, 7) is 3.82. The lowest BCUT2D eigenvalue weighted by Gasteiger charge is -2.35. The smallest absolute Gasteiger partial charge is 0.324 e. The molecule has 1 N–H and O–H groups in total. The van der Waals surface area contributed by atoms with E-state index in [0.29, 0.717) is 11.7 Å². The molecule has 1 aromatic rings. The molecule has 3 nitrogen and oxygen atoms in total. The standard InChI is InChI=1S/C16H21NO2S/c1-2-16(15(18)19)8-5-9-17(16)11-13-10-12-6-3-4-7-14(12)20-13/h3-4,6-7,13H,2,5,8-11H2,1H3,(H,18,19). The van der Waals surface area contributed by atoms with Crippen molar-refractivity contribution in [2.45, 2.75) is 48.3 Å². The molecule has 3 rings (SSSR count). The molecule has 1 saturated heterocycles.